The third-order valence-corrected chi connectivity index (χ3v) is 7.16. The van der Waals surface area contributed by atoms with Gasteiger partial charge in [-0.2, -0.15) is 4.31 Å². The molecule has 0 saturated carbocycles. The summed E-state index contributed by atoms with van der Waals surface area (Å²) >= 11 is 6.03. The van der Waals surface area contributed by atoms with E-state index in [9.17, 15) is 18.0 Å². The Labute approximate surface area is 217 Å². The summed E-state index contributed by atoms with van der Waals surface area (Å²) in [5.74, 6) is -0.845. The largest absolute Gasteiger partial charge is 0.350 e. The Bertz CT molecular complexity index is 1260. The van der Waals surface area contributed by atoms with Crippen molar-refractivity contribution in [3.8, 4) is 0 Å². The Morgan fingerprint density at radius 3 is 2.25 bits per heavy atom. The molecule has 0 unspecified atom stereocenters. The number of benzene rings is 2. The maximum Gasteiger partial charge on any atom is 0.243 e. The van der Waals surface area contributed by atoms with Crippen molar-refractivity contribution >= 4 is 33.4 Å². The number of hydrogen-bond acceptors (Lipinski definition) is 5. The summed E-state index contributed by atoms with van der Waals surface area (Å²) in [6.07, 6.45) is 4.59. The van der Waals surface area contributed by atoms with Crippen LogP contribution in [-0.2, 0) is 39.1 Å². The molecule has 10 heteroatoms. The van der Waals surface area contributed by atoms with E-state index in [-0.39, 0.29) is 25.4 Å². The van der Waals surface area contributed by atoms with Gasteiger partial charge in [-0.15, -0.1) is 0 Å². The second kappa shape index (κ2) is 12.6. The molecular formula is C26H29ClN4O4S. The van der Waals surface area contributed by atoms with Gasteiger partial charge < -0.3 is 10.2 Å². The van der Waals surface area contributed by atoms with Gasteiger partial charge in [0.25, 0.3) is 0 Å². The van der Waals surface area contributed by atoms with Gasteiger partial charge in [-0.3, -0.25) is 14.6 Å². The molecule has 0 saturated heterocycles. The van der Waals surface area contributed by atoms with E-state index in [4.69, 9.17) is 11.6 Å². The van der Waals surface area contributed by atoms with E-state index in [0.717, 1.165) is 27.3 Å². The number of pyridine rings is 1. The minimum atomic E-state index is -3.60. The van der Waals surface area contributed by atoms with Crippen molar-refractivity contribution in [2.45, 2.75) is 25.6 Å². The fraction of sp³-hybridized carbons (Fsp3) is 0.269. The van der Waals surface area contributed by atoms with Gasteiger partial charge in [-0.25, -0.2) is 8.42 Å². The lowest BCUT2D eigenvalue weighted by atomic mass is 10.0. The van der Waals surface area contributed by atoms with E-state index in [1.807, 2.05) is 36.4 Å². The Hall–Kier alpha value is -3.27. The summed E-state index contributed by atoms with van der Waals surface area (Å²) in [6, 6.07) is 19.1. The quantitative estimate of drug-likeness (QED) is 0.412. The highest BCUT2D eigenvalue weighted by molar-refractivity contribution is 7.88. The van der Waals surface area contributed by atoms with Crippen LogP contribution < -0.4 is 5.32 Å². The van der Waals surface area contributed by atoms with E-state index in [2.05, 4.69) is 10.3 Å². The molecule has 0 aliphatic carbocycles. The van der Waals surface area contributed by atoms with Gasteiger partial charge >= 0.3 is 0 Å². The Morgan fingerprint density at radius 2 is 1.64 bits per heavy atom. The molecule has 0 bridgehead atoms. The standard InChI is InChI=1S/C26H29ClN4O4S/c1-30(36(2,34)35)19-25(32)31(18-21-10-12-23(27)13-11-21)24(15-20-7-4-3-5-8-20)26(33)29-17-22-9-6-14-28-16-22/h3-14,16,24H,15,17-19H2,1-2H3,(H,29,33)/t24-/m0/s1. The molecule has 190 valence electrons. The van der Waals surface area contributed by atoms with Gasteiger partial charge in [0, 0.05) is 44.0 Å². The predicted molar refractivity (Wildman–Crippen MR) is 139 cm³/mol. The SMILES string of the molecule is CN(CC(=O)N(Cc1ccc(Cl)cc1)[C@@H](Cc1ccccc1)C(=O)NCc1cccnc1)S(C)(=O)=O. The van der Waals surface area contributed by atoms with E-state index < -0.39 is 28.5 Å². The second-order valence-electron chi connectivity index (χ2n) is 8.45. The van der Waals surface area contributed by atoms with E-state index in [0.29, 0.717) is 5.02 Å². The Kier molecular flexibility index (Phi) is 9.58. The lowest BCUT2D eigenvalue weighted by molar-refractivity contribution is -0.141. The number of nitrogens with one attached hydrogen (secondary N) is 1. The molecule has 0 fully saturated rings. The molecule has 3 rings (SSSR count). The zero-order valence-electron chi connectivity index (χ0n) is 20.2. The fourth-order valence-corrected chi connectivity index (χ4v) is 4.02. The predicted octanol–water partition coefficient (Wildman–Crippen LogP) is 2.88. The summed E-state index contributed by atoms with van der Waals surface area (Å²) < 4.78 is 25.0. The number of halogens is 1. The maximum absolute atomic E-state index is 13.5. The zero-order valence-corrected chi connectivity index (χ0v) is 21.7. The number of likely N-dealkylation sites (N-methyl/N-ethyl adjacent to an activating group) is 1. The van der Waals surface area contributed by atoms with Crippen molar-refractivity contribution in [1.82, 2.24) is 19.5 Å². The molecule has 8 nitrogen and oxygen atoms in total. The van der Waals surface area contributed by atoms with Crippen LogP contribution in [0.1, 0.15) is 16.7 Å². The molecule has 1 N–H and O–H groups in total. The average Bonchev–Trinajstić information content (AvgIpc) is 2.86. The van der Waals surface area contributed by atoms with E-state index >= 15 is 0 Å². The first-order valence-electron chi connectivity index (χ1n) is 11.3. The number of rotatable bonds is 11. The van der Waals surface area contributed by atoms with Crippen LogP contribution in [0.5, 0.6) is 0 Å². The number of sulfonamides is 1. The number of carbonyl (C=O) groups is 2. The highest BCUT2D eigenvalue weighted by Crippen LogP contribution is 2.17. The lowest BCUT2D eigenvalue weighted by Crippen LogP contribution is -2.52. The molecule has 0 aliphatic heterocycles. The van der Waals surface area contributed by atoms with Crippen molar-refractivity contribution < 1.29 is 18.0 Å². The van der Waals surface area contributed by atoms with E-state index in [1.165, 1.54) is 11.9 Å². The summed E-state index contributed by atoms with van der Waals surface area (Å²) in [7, 11) is -2.26. The number of aromatic nitrogens is 1. The molecule has 0 spiro atoms. The normalized spacial score (nSPS) is 12.2. The van der Waals surface area contributed by atoms with Crippen LogP contribution in [-0.4, -0.2) is 60.3 Å². The molecule has 1 atom stereocenters. The maximum atomic E-state index is 13.5. The van der Waals surface area contributed by atoms with Crippen molar-refractivity contribution in [1.29, 1.82) is 0 Å². The third-order valence-electron chi connectivity index (χ3n) is 5.65. The first-order valence-corrected chi connectivity index (χ1v) is 13.5. The lowest BCUT2D eigenvalue weighted by Gasteiger charge is -2.32. The summed E-state index contributed by atoms with van der Waals surface area (Å²) in [4.78, 5) is 32.5. The van der Waals surface area contributed by atoms with Crippen LogP contribution in [0.3, 0.4) is 0 Å². The number of carbonyl (C=O) groups excluding carboxylic acids is 2. The van der Waals surface area contributed by atoms with Crippen LogP contribution in [0.2, 0.25) is 5.02 Å². The number of amides is 2. The highest BCUT2D eigenvalue weighted by Gasteiger charge is 2.31. The van der Waals surface area contributed by atoms with Crippen LogP contribution in [0.15, 0.2) is 79.1 Å². The average molecular weight is 529 g/mol. The minimum Gasteiger partial charge on any atom is -0.350 e. The summed E-state index contributed by atoms with van der Waals surface area (Å²) in [5, 5.41) is 3.45. The van der Waals surface area contributed by atoms with Crippen molar-refractivity contribution in [2.75, 3.05) is 19.8 Å². The molecule has 0 aliphatic rings. The van der Waals surface area contributed by atoms with Gasteiger partial charge in [0.05, 0.1) is 12.8 Å². The molecular weight excluding hydrogens is 500 g/mol. The molecule has 2 aromatic carbocycles. The smallest absolute Gasteiger partial charge is 0.243 e. The van der Waals surface area contributed by atoms with Gasteiger partial charge in [0.1, 0.15) is 6.04 Å². The van der Waals surface area contributed by atoms with Crippen LogP contribution in [0.4, 0.5) is 0 Å². The summed E-state index contributed by atoms with van der Waals surface area (Å²) in [6.45, 7) is -0.0524. The molecule has 3 aromatic rings. The van der Waals surface area contributed by atoms with Crippen molar-refractivity contribution in [3.05, 3.63) is 101 Å². The zero-order chi connectivity index (χ0) is 26.1. The van der Waals surface area contributed by atoms with E-state index in [1.54, 1.807) is 42.7 Å². The molecule has 1 aromatic heterocycles. The molecule has 0 radical (unpaired) electrons. The first kappa shape index (κ1) is 27.3. The van der Waals surface area contributed by atoms with Gasteiger partial charge in [0.15, 0.2) is 0 Å². The molecule has 36 heavy (non-hydrogen) atoms. The third kappa shape index (κ3) is 8.15. The van der Waals surface area contributed by atoms with Crippen LogP contribution in [0, 0.1) is 0 Å². The monoisotopic (exact) mass is 528 g/mol. The second-order valence-corrected chi connectivity index (χ2v) is 11.0. The van der Waals surface area contributed by atoms with Crippen LogP contribution in [0.25, 0.3) is 0 Å². The van der Waals surface area contributed by atoms with Crippen molar-refractivity contribution in [3.63, 3.8) is 0 Å². The Balaban J connectivity index is 1.94. The van der Waals surface area contributed by atoms with Gasteiger partial charge in [0.2, 0.25) is 21.8 Å². The number of hydrogen-bond donors (Lipinski definition) is 1. The number of nitrogens with zero attached hydrogens (tertiary/aromatic N) is 3. The first-order chi connectivity index (χ1) is 17.1. The molecule has 1 heterocycles. The van der Waals surface area contributed by atoms with Crippen molar-refractivity contribution in [2.24, 2.45) is 0 Å². The molecule has 2 amide bonds. The van der Waals surface area contributed by atoms with Gasteiger partial charge in [-0.1, -0.05) is 60.1 Å². The minimum absolute atomic E-state index is 0.103. The van der Waals surface area contributed by atoms with Crippen LogP contribution >= 0.6 is 11.6 Å². The highest BCUT2D eigenvalue weighted by atomic mass is 35.5. The topological polar surface area (TPSA) is 99.7 Å². The fourth-order valence-electron chi connectivity index (χ4n) is 3.55. The Morgan fingerprint density at radius 1 is 0.972 bits per heavy atom. The summed E-state index contributed by atoms with van der Waals surface area (Å²) in [5.41, 5.74) is 2.44. The van der Waals surface area contributed by atoms with Gasteiger partial charge in [-0.05, 0) is 34.9 Å².